The van der Waals surface area contributed by atoms with Gasteiger partial charge in [0, 0.05) is 51.3 Å². The molecule has 1 aliphatic rings. The van der Waals surface area contributed by atoms with Crippen LogP contribution >= 0.6 is 15.9 Å². The molecule has 2 heterocycles. The zero-order valence-electron chi connectivity index (χ0n) is 12.6. The lowest BCUT2D eigenvalue weighted by atomic mass is 10.0. The Kier molecular flexibility index (Phi) is 4.34. The minimum atomic E-state index is -0.414. The second-order valence-corrected chi connectivity index (χ2v) is 6.49. The monoisotopic (exact) mass is 368 g/mol. The number of hydrogen-bond donors (Lipinski definition) is 0. The van der Waals surface area contributed by atoms with Crippen LogP contribution in [0.2, 0.25) is 0 Å². The predicted octanol–water partition coefficient (Wildman–Crippen LogP) is 2.65. The van der Waals surface area contributed by atoms with Crippen molar-refractivity contribution in [2.24, 2.45) is 7.05 Å². The standard InChI is InChI=1S/C16H18BrFN2O2/c1-19-14-5-6-20(7-10(9-21)22-2)8-12(14)11-3-4-13(17)15(18)16(11)19/h3-4,9-10H,5-8H2,1-2H3. The molecular weight excluding hydrogens is 351 g/mol. The van der Waals surface area contributed by atoms with E-state index in [1.165, 1.54) is 5.69 Å². The number of aromatic nitrogens is 1. The summed E-state index contributed by atoms with van der Waals surface area (Å²) in [6.45, 7) is 2.12. The first-order chi connectivity index (χ1) is 10.6. The molecule has 0 spiro atoms. The van der Waals surface area contributed by atoms with E-state index >= 15 is 0 Å². The maximum Gasteiger partial charge on any atom is 0.161 e. The van der Waals surface area contributed by atoms with E-state index in [2.05, 4.69) is 20.8 Å². The van der Waals surface area contributed by atoms with Gasteiger partial charge < -0.3 is 14.1 Å². The highest BCUT2D eigenvalue weighted by atomic mass is 79.9. The van der Waals surface area contributed by atoms with Gasteiger partial charge in [0.1, 0.15) is 12.4 Å². The van der Waals surface area contributed by atoms with Crippen molar-refractivity contribution in [3.8, 4) is 0 Å². The van der Waals surface area contributed by atoms with Crippen LogP contribution in [0.15, 0.2) is 16.6 Å². The van der Waals surface area contributed by atoms with E-state index < -0.39 is 6.10 Å². The second kappa shape index (κ2) is 6.10. The summed E-state index contributed by atoms with van der Waals surface area (Å²) in [5.74, 6) is -0.219. The second-order valence-electron chi connectivity index (χ2n) is 5.64. The lowest BCUT2D eigenvalue weighted by molar-refractivity contribution is -0.117. The van der Waals surface area contributed by atoms with Crippen molar-refractivity contribution in [3.05, 3.63) is 33.7 Å². The molecule has 1 aromatic carbocycles. The average Bonchev–Trinajstić information content (AvgIpc) is 2.81. The molecule has 0 aliphatic carbocycles. The van der Waals surface area contributed by atoms with Crippen LogP contribution in [0.3, 0.4) is 0 Å². The number of methoxy groups -OCH3 is 1. The number of fused-ring (bicyclic) bond motifs is 3. The molecule has 0 radical (unpaired) electrons. The van der Waals surface area contributed by atoms with E-state index in [0.29, 0.717) is 23.1 Å². The number of nitrogens with zero attached hydrogens (tertiary/aromatic N) is 2. The SMILES string of the molecule is COC(C=O)CN1CCc2c(c3ccc(Br)c(F)c3n2C)C1. The molecule has 0 amide bonds. The van der Waals surface area contributed by atoms with Crippen LogP contribution in [-0.4, -0.2) is 42.1 Å². The summed E-state index contributed by atoms with van der Waals surface area (Å²) in [7, 11) is 3.45. The van der Waals surface area contributed by atoms with Crippen LogP contribution in [0, 0.1) is 5.82 Å². The molecule has 0 saturated carbocycles. The zero-order valence-corrected chi connectivity index (χ0v) is 14.2. The molecule has 0 N–H and O–H groups in total. The van der Waals surface area contributed by atoms with Crippen molar-refractivity contribution in [3.63, 3.8) is 0 Å². The molecule has 3 rings (SSSR count). The van der Waals surface area contributed by atoms with Crippen molar-refractivity contribution in [2.75, 3.05) is 20.2 Å². The first-order valence-corrected chi connectivity index (χ1v) is 8.00. The third-order valence-corrected chi connectivity index (χ3v) is 5.03. The smallest absolute Gasteiger partial charge is 0.161 e. The van der Waals surface area contributed by atoms with E-state index in [9.17, 15) is 9.18 Å². The van der Waals surface area contributed by atoms with Crippen molar-refractivity contribution in [1.29, 1.82) is 0 Å². The van der Waals surface area contributed by atoms with Crippen LogP contribution < -0.4 is 0 Å². The van der Waals surface area contributed by atoms with Gasteiger partial charge in [0.05, 0.1) is 9.99 Å². The summed E-state index contributed by atoms with van der Waals surface area (Å²) in [5.41, 5.74) is 2.96. The first kappa shape index (κ1) is 15.6. The summed E-state index contributed by atoms with van der Waals surface area (Å²) in [4.78, 5) is 13.1. The third kappa shape index (κ3) is 2.49. The molecule has 22 heavy (non-hydrogen) atoms. The third-order valence-electron chi connectivity index (χ3n) is 4.42. The fourth-order valence-corrected chi connectivity index (χ4v) is 3.57. The highest BCUT2D eigenvalue weighted by Gasteiger charge is 2.26. The number of rotatable bonds is 4. The van der Waals surface area contributed by atoms with Gasteiger partial charge in [-0.3, -0.25) is 4.90 Å². The van der Waals surface area contributed by atoms with Gasteiger partial charge in [-0.05, 0) is 27.6 Å². The van der Waals surface area contributed by atoms with Crippen molar-refractivity contribution in [1.82, 2.24) is 9.47 Å². The van der Waals surface area contributed by atoms with Crippen molar-refractivity contribution in [2.45, 2.75) is 19.1 Å². The topological polar surface area (TPSA) is 34.5 Å². The Labute approximate surface area is 137 Å². The molecule has 2 aromatic rings. The van der Waals surface area contributed by atoms with Gasteiger partial charge in [-0.15, -0.1) is 0 Å². The lowest BCUT2D eigenvalue weighted by Gasteiger charge is -2.29. The molecule has 1 aromatic heterocycles. The van der Waals surface area contributed by atoms with Gasteiger partial charge >= 0.3 is 0 Å². The van der Waals surface area contributed by atoms with Gasteiger partial charge in [0.2, 0.25) is 0 Å². The number of ether oxygens (including phenoxy) is 1. The summed E-state index contributed by atoms with van der Waals surface area (Å²) in [6.07, 6.45) is 1.25. The van der Waals surface area contributed by atoms with Crippen LogP contribution in [0.5, 0.6) is 0 Å². The van der Waals surface area contributed by atoms with E-state index in [0.717, 1.165) is 30.2 Å². The highest BCUT2D eigenvalue weighted by molar-refractivity contribution is 9.10. The van der Waals surface area contributed by atoms with E-state index in [4.69, 9.17) is 4.74 Å². The Balaban J connectivity index is 1.99. The highest BCUT2D eigenvalue weighted by Crippen LogP contribution is 2.34. The Morgan fingerprint density at radius 2 is 2.27 bits per heavy atom. The zero-order chi connectivity index (χ0) is 15.9. The predicted molar refractivity (Wildman–Crippen MR) is 86.4 cm³/mol. The van der Waals surface area contributed by atoms with Gasteiger partial charge in [-0.2, -0.15) is 0 Å². The summed E-state index contributed by atoms with van der Waals surface area (Å²) in [6, 6.07) is 3.71. The maximum absolute atomic E-state index is 14.4. The minimum absolute atomic E-state index is 0.219. The molecule has 4 nitrogen and oxygen atoms in total. The molecule has 0 bridgehead atoms. The van der Waals surface area contributed by atoms with Gasteiger partial charge in [0.25, 0.3) is 0 Å². The Morgan fingerprint density at radius 1 is 1.50 bits per heavy atom. The first-order valence-electron chi connectivity index (χ1n) is 7.21. The average molecular weight is 369 g/mol. The molecule has 6 heteroatoms. The number of aldehydes is 1. The van der Waals surface area contributed by atoms with Gasteiger partial charge in [-0.25, -0.2) is 4.39 Å². The van der Waals surface area contributed by atoms with Gasteiger partial charge in [0.15, 0.2) is 5.82 Å². The maximum atomic E-state index is 14.4. The Morgan fingerprint density at radius 3 is 2.95 bits per heavy atom. The van der Waals surface area contributed by atoms with E-state index in [1.54, 1.807) is 13.2 Å². The van der Waals surface area contributed by atoms with Gasteiger partial charge in [-0.1, -0.05) is 6.07 Å². The Hall–Kier alpha value is -1.24. The number of hydrogen-bond acceptors (Lipinski definition) is 3. The van der Waals surface area contributed by atoms with Crippen LogP contribution in [0.25, 0.3) is 10.9 Å². The lowest BCUT2D eigenvalue weighted by Crippen LogP contribution is -2.38. The molecule has 1 aliphatic heterocycles. The van der Waals surface area contributed by atoms with Crippen LogP contribution in [0.1, 0.15) is 11.3 Å². The Bertz CT molecular complexity index is 729. The number of carbonyl (C=O) groups is 1. The number of halogens is 2. The summed E-state index contributed by atoms with van der Waals surface area (Å²) in [5, 5.41) is 0.947. The fraction of sp³-hybridized carbons (Fsp3) is 0.438. The normalized spacial score (nSPS) is 16.7. The summed E-state index contributed by atoms with van der Waals surface area (Å²) < 4.78 is 22.0. The number of benzene rings is 1. The van der Waals surface area contributed by atoms with E-state index in [-0.39, 0.29) is 5.82 Å². The largest absolute Gasteiger partial charge is 0.373 e. The fourth-order valence-electron chi connectivity index (χ4n) is 3.25. The number of aryl methyl sites for hydroxylation is 1. The van der Waals surface area contributed by atoms with E-state index in [1.807, 2.05) is 17.7 Å². The molecular formula is C16H18BrFN2O2. The molecule has 0 fully saturated rings. The quantitative estimate of drug-likeness (QED) is 0.778. The van der Waals surface area contributed by atoms with Crippen LogP contribution in [-0.2, 0) is 29.5 Å². The van der Waals surface area contributed by atoms with Crippen LogP contribution in [0.4, 0.5) is 4.39 Å². The molecule has 0 saturated heterocycles. The number of carbonyl (C=O) groups excluding carboxylic acids is 1. The minimum Gasteiger partial charge on any atom is -0.373 e. The molecule has 118 valence electrons. The molecule has 1 atom stereocenters. The van der Waals surface area contributed by atoms with Crippen molar-refractivity contribution < 1.29 is 13.9 Å². The molecule has 1 unspecified atom stereocenters. The van der Waals surface area contributed by atoms with Crippen molar-refractivity contribution >= 4 is 33.1 Å². The summed E-state index contributed by atoms with van der Waals surface area (Å²) >= 11 is 3.25.